The molecule has 0 spiro atoms. The highest BCUT2D eigenvalue weighted by molar-refractivity contribution is 7.18. The number of rotatable bonds is 4. The number of thiophene rings is 1. The molecular formula is C29H35N3O3S. The van der Waals surface area contributed by atoms with Crippen molar-refractivity contribution in [1.29, 1.82) is 0 Å². The van der Waals surface area contributed by atoms with Gasteiger partial charge in [-0.1, -0.05) is 13.0 Å². The maximum Gasteiger partial charge on any atom is 0.262 e. The van der Waals surface area contributed by atoms with E-state index >= 15 is 0 Å². The Hall–Kier alpha value is -2.22. The highest BCUT2D eigenvalue weighted by atomic mass is 32.1. The molecule has 7 heteroatoms. The zero-order valence-corrected chi connectivity index (χ0v) is 22.1. The number of aromatic nitrogens is 2. The van der Waals surface area contributed by atoms with Gasteiger partial charge in [0.1, 0.15) is 10.6 Å². The smallest absolute Gasteiger partial charge is 0.262 e. The number of aryl methyl sites for hydroxylation is 1. The van der Waals surface area contributed by atoms with Crippen molar-refractivity contribution in [3.8, 4) is 5.75 Å². The molecule has 0 amide bonds. The van der Waals surface area contributed by atoms with Crippen LogP contribution in [0.3, 0.4) is 0 Å². The summed E-state index contributed by atoms with van der Waals surface area (Å²) < 4.78 is 12.8. The van der Waals surface area contributed by atoms with E-state index in [4.69, 9.17) is 14.5 Å². The lowest BCUT2D eigenvalue weighted by Crippen LogP contribution is -2.43. The minimum atomic E-state index is 0.0724. The molecule has 1 aromatic carbocycles. The van der Waals surface area contributed by atoms with E-state index in [-0.39, 0.29) is 11.0 Å². The van der Waals surface area contributed by atoms with Gasteiger partial charge in [-0.25, -0.2) is 4.98 Å². The number of morpholine rings is 1. The number of fused-ring (bicyclic) bond motifs is 9. The molecular weight excluding hydrogens is 470 g/mol. The number of benzene rings is 1. The highest BCUT2D eigenvalue weighted by Gasteiger charge is 2.54. The molecule has 0 radical (unpaired) electrons. The molecule has 4 aliphatic rings. The molecule has 3 aromatic rings. The Kier molecular flexibility index (Phi) is 5.53. The number of ether oxygens (including phenoxy) is 2. The summed E-state index contributed by atoms with van der Waals surface area (Å²) in [6.45, 7) is 7.47. The van der Waals surface area contributed by atoms with Crippen molar-refractivity contribution >= 4 is 21.6 Å². The lowest BCUT2D eigenvalue weighted by atomic mass is 9.55. The number of hydrogen-bond donors (Lipinski definition) is 0. The molecule has 0 N–H and O–H groups in total. The van der Waals surface area contributed by atoms with Gasteiger partial charge in [-0.15, -0.1) is 11.3 Å². The van der Waals surface area contributed by atoms with E-state index in [0.29, 0.717) is 24.3 Å². The van der Waals surface area contributed by atoms with Crippen LogP contribution < -0.4 is 10.3 Å². The summed E-state index contributed by atoms with van der Waals surface area (Å²) in [6, 6.07) is 6.72. The van der Waals surface area contributed by atoms with Gasteiger partial charge in [0.05, 0.1) is 32.0 Å². The number of hydrogen-bond acceptors (Lipinski definition) is 6. The summed E-state index contributed by atoms with van der Waals surface area (Å²) in [5.41, 5.74) is 4.61. The number of methoxy groups -OCH3 is 1. The molecule has 1 saturated carbocycles. The standard InChI is InChI=1S/C29H35N3O3S/c1-29-8-7-21-20-6-4-19(34-2)15-18(20)3-5-22(21)23(29)16-24-26(29)25-27(36-24)30-17-32(28(25)33)10-9-31-11-13-35-14-12-31/h4,6,15,17,21-23H,3,5,7-14,16H2,1-2H3. The van der Waals surface area contributed by atoms with Crippen molar-refractivity contribution in [2.45, 2.75) is 56.9 Å². The minimum absolute atomic E-state index is 0.0724. The Bertz CT molecular complexity index is 1370. The molecule has 6 nitrogen and oxygen atoms in total. The SMILES string of the molecule is COc1ccc2c(c1)CCC1C2CCC2(C)c3c(sc4ncn(CCN5CCOCC5)c(=O)c34)CC12. The normalized spacial score (nSPS) is 29.4. The topological polar surface area (TPSA) is 56.6 Å². The molecule has 3 aliphatic carbocycles. The molecule has 1 saturated heterocycles. The number of nitrogens with zero attached hydrogens (tertiary/aromatic N) is 3. The zero-order chi connectivity index (χ0) is 24.4. The Morgan fingerprint density at radius 3 is 2.92 bits per heavy atom. The molecule has 4 atom stereocenters. The fourth-order valence-corrected chi connectivity index (χ4v) is 9.27. The monoisotopic (exact) mass is 505 g/mol. The van der Waals surface area contributed by atoms with Crippen molar-refractivity contribution in [2.24, 2.45) is 11.8 Å². The fraction of sp³-hybridized carbons (Fsp3) is 0.586. The van der Waals surface area contributed by atoms with Gasteiger partial charge >= 0.3 is 0 Å². The third kappa shape index (κ3) is 3.42. The largest absolute Gasteiger partial charge is 0.497 e. The quantitative estimate of drug-likeness (QED) is 0.527. The van der Waals surface area contributed by atoms with Gasteiger partial charge in [0.2, 0.25) is 0 Å². The van der Waals surface area contributed by atoms with Crippen molar-refractivity contribution in [2.75, 3.05) is 40.0 Å². The van der Waals surface area contributed by atoms with Crippen molar-refractivity contribution in [3.05, 3.63) is 56.4 Å². The molecule has 3 heterocycles. The first kappa shape index (κ1) is 22.9. The van der Waals surface area contributed by atoms with Crippen LogP contribution >= 0.6 is 11.3 Å². The van der Waals surface area contributed by atoms with Crippen LogP contribution in [-0.4, -0.2) is 54.4 Å². The average Bonchev–Trinajstić information content (AvgIpc) is 3.43. The Morgan fingerprint density at radius 2 is 2.08 bits per heavy atom. The Labute approximate surface area is 216 Å². The van der Waals surface area contributed by atoms with E-state index in [9.17, 15) is 4.79 Å². The van der Waals surface area contributed by atoms with Crippen LogP contribution in [-0.2, 0) is 29.5 Å². The van der Waals surface area contributed by atoms with Crippen LogP contribution in [0.15, 0.2) is 29.3 Å². The van der Waals surface area contributed by atoms with E-state index in [2.05, 4.69) is 30.0 Å². The second-order valence-corrected chi connectivity index (χ2v) is 12.5. The van der Waals surface area contributed by atoms with Crippen LogP contribution in [0.1, 0.15) is 53.7 Å². The zero-order valence-electron chi connectivity index (χ0n) is 21.3. The van der Waals surface area contributed by atoms with E-state index in [1.54, 1.807) is 30.3 Å². The maximum absolute atomic E-state index is 13.8. The molecule has 2 fully saturated rings. The molecule has 190 valence electrons. The molecule has 4 unspecified atom stereocenters. The van der Waals surface area contributed by atoms with Gasteiger partial charge < -0.3 is 9.47 Å². The van der Waals surface area contributed by atoms with Gasteiger partial charge in [0, 0.05) is 31.1 Å². The fourth-order valence-electron chi connectivity index (χ4n) is 7.95. The highest BCUT2D eigenvalue weighted by Crippen LogP contribution is 2.62. The first-order valence-electron chi connectivity index (χ1n) is 13.5. The summed E-state index contributed by atoms with van der Waals surface area (Å²) in [4.78, 5) is 23.4. The van der Waals surface area contributed by atoms with Crippen LogP contribution in [0.4, 0.5) is 0 Å². The van der Waals surface area contributed by atoms with Crippen molar-refractivity contribution < 1.29 is 9.47 Å². The van der Waals surface area contributed by atoms with Crippen molar-refractivity contribution in [3.63, 3.8) is 0 Å². The summed E-state index contributed by atoms with van der Waals surface area (Å²) in [5.74, 6) is 2.89. The van der Waals surface area contributed by atoms with Crippen LogP contribution in [0.5, 0.6) is 5.75 Å². The molecule has 7 rings (SSSR count). The van der Waals surface area contributed by atoms with Crippen LogP contribution in [0.25, 0.3) is 10.2 Å². The van der Waals surface area contributed by atoms with Gasteiger partial charge in [-0.2, -0.15) is 0 Å². The minimum Gasteiger partial charge on any atom is -0.497 e. The first-order valence-corrected chi connectivity index (χ1v) is 14.4. The summed E-state index contributed by atoms with van der Waals surface area (Å²) >= 11 is 1.78. The first-order chi connectivity index (χ1) is 17.6. The van der Waals surface area contributed by atoms with Crippen molar-refractivity contribution in [1.82, 2.24) is 14.5 Å². The predicted octanol–water partition coefficient (Wildman–Crippen LogP) is 4.37. The van der Waals surface area contributed by atoms with Crippen LogP contribution in [0.2, 0.25) is 0 Å². The molecule has 36 heavy (non-hydrogen) atoms. The van der Waals surface area contributed by atoms with Crippen LogP contribution in [0, 0.1) is 11.8 Å². The lowest BCUT2D eigenvalue weighted by molar-refractivity contribution is 0.0362. The molecule has 1 aliphatic heterocycles. The van der Waals surface area contributed by atoms with E-state index in [0.717, 1.165) is 68.1 Å². The Morgan fingerprint density at radius 1 is 1.22 bits per heavy atom. The predicted molar refractivity (Wildman–Crippen MR) is 142 cm³/mol. The van der Waals surface area contributed by atoms with E-state index < -0.39 is 0 Å². The second kappa shape index (κ2) is 8.67. The summed E-state index contributed by atoms with van der Waals surface area (Å²) in [7, 11) is 1.76. The van der Waals surface area contributed by atoms with E-state index in [1.807, 2.05) is 4.57 Å². The van der Waals surface area contributed by atoms with Gasteiger partial charge in [-0.05, 0) is 84.1 Å². The molecule has 2 aromatic heterocycles. The third-order valence-corrected chi connectivity index (χ3v) is 10.9. The van der Waals surface area contributed by atoms with Gasteiger partial charge in [0.25, 0.3) is 5.56 Å². The van der Waals surface area contributed by atoms with Gasteiger partial charge in [0.15, 0.2) is 0 Å². The Balaban J connectivity index is 1.21. The summed E-state index contributed by atoms with van der Waals surface area (Å²) in [6.07, 6.45) is 7.58. The second-order valence-electron chi connectivity index (χ2n) is 11.4. The third-order valence-electron chi connectivity index (χ3n) is 9.81. The molecule has 0 bridgehead atoms. The summed E-state index contributed by atoms with van der Waals surface area (Å²) in [5, 5.41) is 0.920. The van der Waals surface area contributed by atoms with E-state index in [1.165, 1.54) is 28.8 Å². The maximum atomic E-state index is 13.8. The average molecular weight is 506 g/mol. The van der Waals surface area contributed by atoms with Gasteiger partial charge in [-0.3, -0.25) is 14.3 Å². The lowest BCUT2D eigenvalue weighted by Gasteiger charge is -2.49.